The van der Waals surface area contributed by atoms with Crippen molar-refractivity contribution in [1.29, 1.82) is 0 Å². The predicted molar refractivity (Wildman–Crippen MR) is 31.9 cm³/mol. The van der Waals surface area contributed by atoms with Gasteiger partial charge in [-0.2, -0.15) is 0 Å². The van der Waals surface area contributed by atoms with Crippen molar-refractivity contribution in [3.63, 3.8) is 0 Å². The van der Waals surface area contributed by atoms with E-state index >= 15 is 0 Å². The summed E-state index contributed by atoms with van der Waals surface area (Å²) < 4.78 is 0. The second-order valence-corrected chi connectivity index (χ2v) is 2.34. The predicted octanol–water partition coefficient (Wildman–Crippen LogP) is -1.12. The third-order valence-corrected chi connectivity index (χ3v) is 1.61. The first-order valence-electron chi connectivity index (χ1n) is 2.78. The van der Waals surface area contributed by atoms with E-state index in [4.69, 9.17) is 0 Å². The molecule has 0 bridgehead atoms. The van der Waals surface area contributed by atoms with E-state index in [2.05, 4.69) is 0 Å². The van der Waals surface area contributed by atoms with Crippen molar-refractivity contribution >= 4 is 11.9 Å². The van der Waals surface area contributed by atoms with Gasteiger partial charge in [0.15, 0.2) is 0 Å². The minimum absolute atomic E-state index is 0.574. The Morgan fingerprint density at radius 1 is 1.60 bits per heavy atom. The molecule has 0 aromatic carbocycles. The molecule has 1 heterocycles. The second-order valence-electron chi connectivity index (χ2n) is 2.34. The van der Waals surface area contributed by atoms with Gasteiger partial charge >= 0.3 is 6.03 Å². The maximum absolute atomic E-state index is 10.7. The van der Waals surface area contributed by atoms with Gasteiger partial charge in [0.2, 0.25) is 5.72 Å². The molecule has 1 aliphatic heterocycles. The first kappa shape index (κ1) is 7.01. The van der Waals surface area contributed by atoms with Crippen LogP contribution in [0.3, 0.4) is 0 Å². The summed E-state index contributed by atoms with van der Waals surface area (Å²) in [6.45, 7) is 1.26. The molecule has 1 fully saturated rings. The number of rotatable bonds is 0. The largest absolute Gasteiger partial charge is 0.363 e. The Kier molecular flexibility index (Phi) is 1.19. The van der Waals surface area contributed by atoms with Crippen LogP contribution in [0.25, 0.3) is 0 Å². The van der Waals surface area contributed by atoms with Gasteiger partial charge in [0.25, 0.3) is 5.91 Å². The third-order valence-electron chi connectivity index (χ3n) is 1.61. The first-order chi connectivity index (χ1) is 4.46. The van der Waals surface area contributed by atoms with Gasteiger partial charge in [0, 0.05) is 7.05 Å². The van der Waals surface area contributed by atoms with Gasteiger partial charge in [-0.15, -0.1) is 0 Å². The van der Waals surface area contributed by atoms with Crippen molar-refractivity contribution in [3.8, 4) is 0 Å². The van der Waals surface area contributed by atoms with Crippen molar-refractivity contribution in [2.24, 2.45) is 0 Å². The van der Waals surface area contributed by atoms with Crippen molar-refractivity contribution in [3.05, 3.63) is 0 Å². The summed E-state index contributed by atoms with van der Waals surface area (Å²) in [4.78, 5) is 22.3. The van der Waals surface area contributed by atoms with Crippen LogP contribution in [0.2, 0.25) is 0 Å². The van der Waals surface area contributed by atoms with Crippen LogP contribution < -0.4 is 5.32 Å². The van der Waals surface area contributed by atoms with Crippen LogP contribution in [0.5, 0.6) is 0 Å². The summed E-state index contributed by atoms with van der Waals surface area (Å²) in [6, 6.07) is -0.574. The lowest BCUT2D eigenvalue weighted by molar-refractivity contribution is -0.142. The molecule has 0 aromatic heterocycles. The molecular weight excluding hydrogens is 136 g/mol. The summed E-state index contributed by atoms with van der Waals surface area (Å²) in [7, 11) is 1.35. The lowest BCUT2D eigenvalue weighted by Crippen LogP contribution is -2.44. The van der Waals surface area contributed by atoms with Gasteiger partial charge in [-0.05, 0) is 6.92 Å². The number of imide groups is 1. The summed E-state index contributed by atoms with van der Waals surface area (Å²) in [5.74, 6) is -0.681. The smallest absolute Gasteiger partial charge is 0.326 e. The maximum Gasteiger partial charge on any atom is 0.326 e. The molecule has 3 amide bonds. The van der Waals surface area contributed by atoms with Gasteiger partial charge in [0.05, 0.1) is 0 Å². The minimum atomic E-state index is -1.68. The van der Waals surface area contributed by atoms with Crippen LogP contribution >= 0.6 is 0 Å². The lowest BCUT2D eigenvalue weighted by Gasteiger charge is -2.20. The molecule has 2 N–H and O–H groups in total. The molecule has 0 radical (unpaired) electrons. The number of likely N-dealkylation sites (N-methyl/N-ethyl adjacent to an activating group) is 1. The van der Waals surface area contributed by atoms with E-state index in [1.54, 1.807) is 0 Å². The maximum atomic E-state index is 10.7. The molecular formula is C5H8N2O3. The van der Waals surface area contributed by atoms with E-state index in [-0.39, 0.29) is 0 Å². The molecule has 0 spiro atoms. The first-order valence-corrected chi connectivity index (χ1v) is 2.78. The number of amides is 3. The summed E-state index contributed by atoms with van der Waals surface area (Å²) in [6.07, 6.45) is 0. The van der Waals surface area contributed by atoms with E-state index in [0.717, 1.165) is 4.90 Å². The fourth-order valence-corrected chi connectivity index (χ4v) is 0.649. The minimum Gasteiger partial charge on any atom is -0.363 e. The fourth-order valence-electron chi connectivity index (χ4n) is 0.649. The van der Waals surface area contributed by atoms with E-state index in [9.17, 15) is 14.7 Å². The zero-order chi connectivity index (χ0) is 7.94. The zero-order valence-corrected chi connectivity index (χ0v) is 5.71. The average molecular weight is 144 g/mol. The lowest BCUT2D eigenvalue weighted by atomic mass is 10.2. The van der Waals surface area contributed by atoms with E-state index in [1.165, 1.54) is 14.0 Å². The van der Waals surface area contributed by atoms with Crippen molar-refractivity contribution in [2.45, 2.75) is 12.6 Å². The van der Waals surface area contributed by atoms with Gasteiger partial charge in [0.1, 0.15) is 0 Å². The Balaban J connectivity index is 2.96. The summed E-state index contributed by atoms with van der Waals surface area (Å²) in [5, 5.41) is 11.1. The zero-order valence-electron chi connectivity index (χ0n) is 5.71. The van der Waals surface area contributed by atoms with Gasteiger partial charge in [-0.1, -0.05) is 0 Å². The highest BCUT2D eigenvalue weighted by Crippen LogP contribution is 2.14. The molecule has 5 nitrogen and oxygen atoms in total. The van der Waals surface area contributed by atoms with Crippen LogP contribution in [-0.4, -0.2) is 34.7 Å². The van der Waals surface area contributed by atoms with Crippen LogP contribution in [-0.2, 0) is 4.79 Å². The monoisotopic (exact) mass is 144 g/mol. The Hall–Kier alpha value is -1.10. The summed E-state index contributed by atoms with van der Waals surface area (Å²) >= 11 is 0. The van der Waals surface area contributed by atoms with Crippen LogP contribution in [0.4, 0.5) is 4.79 Å². The molecule has 10 heavy (non-hydrogen) atoms. The second kappa shape index (κ2) is 1.69. The molecule has 0 aromatic rings. The highest BCUT2D eigenvalue weighted by molar-refractivity contribution is 6.05. The molecule has 0 aliphatic carbocycles. The highest BCUT2D eigenvalue weighted by atomic mass is 16.3. The molecule has 0 saturated carbocycles. The molecule has 1 saturated heterocycles. The topological polar surface area (TPSA) is 69.6 Å². The molecule has 56 valence electrons. The number of urea groups is 1. The molecule has 1 rings (SSSR count). The summed E-state index contributed by atoms with van der Waals surface area (Å²) in [5.41, 5.74) is -1.68. The standard InChI is InChI=1S/C5H8N2O3/c1-5(10)3(8)6-4(9)7(5)2/h10H,1-2H3,(H,6,8,9). The van der Waals surface area contributed by atoms with E-state index < -0.39 is 17.7 Å². The molecule has 1 aliphatic rings. The molecule has 1 unspecified atom stereocenters. The fraction of sp³-hybridized carbons (Fsp3) is 0.600. The number of nitrogens with zero attached hydrogens (tertiary/aromatic N) is 1. The Morgan fingerprint density at radius 2 is 2.10 bits per heavy atom. The van der Waals surface area contributed by atoms with Crippen molar-refractivity contribution in [1.82, 2.24) is 10.2 Å². The Morgan fingerprint density at radius 3 is 2.20 bits per heavy atom. The normalized spacial score (nSPS) is 32.9. The number of hydrogen-bond donors (Lipinski definition) is 2. The van der Waals surface area contributed by atoms with E-state index in [0.29, 0.717) is 0 Å². The number of carbonyl (C=O) groups is 2. The number of nitrogens with one attached hydrogen (secondary N) is 1. The van der Waals surface area contributed by atoms with Crippen LogP contribution in [0.1, 0.15) is 6.92 Å². The Bertz CT molecular complexity index is 199. The van der Waals surface area contributed by atoms with Gasteiger partial charge in [-0.3, -0.25) is 15.0 Å². The molecule has 5 heteroatoms. The van der Waals surface area contributed by atoms with Gasteiger partial charge in [-0.25, -0.2) is 4.79 Å². The molecule has 1 atom stereocenters. The van der Waals surface area contributed by atoms with Crippen LogP contribution in [0.15, 0.2) is 0 Å². The SMILES string of the molecule is CN1C(=O)NC(=O)C1(C)O. The number of carbonyl (C=O) groups excluding carboxylic acids is 2. The average Bonchev–Trinajstić information content (AvgIpc) is 1.97. The van der Waals surface area contributed by atoms with Gasteiger partial charge < -0.3 is 5.11 Å². The third kappa shape index (κ3) is 0.672. The number of hydrogen-bond acceptors (Lipinski definition) is 3. The van der Waals surface area contributed by atoms with Crippen LogP contribution in [0, 0.1) is 0 Å². The highest BCUT2D eigenvalue weighted by Gasteiger charge is 2.45. The Labute approximate surface area is 57.6 Å². The van der Waals surface area contributed by atoms with Crippen molar-refractivity contribution in [2.75, 3.05) is 7.05 Å². The number of aliphatic hydroxyl groups is 1. The van der Waals surface area contributed by atoms with Crippen molar-refractivity contribution < 1.29 is 14.7 Å². The quantitative estimate of drug-likeness (QED) is 0.423. The van der Waals surface area contributed by atoms with E-state index in [1.807, 2.05) is 5.32 Å².